The summed E-state index contributed by atoms with van der Waals surface area (Å²) in [6, 6.07) is 7.56. The topological polar surface area (TPSA) is 21.6 Å². The largest absolute Gasteiger partial charge is 0.473 e. The molecule has 1 aliphatic heterocycles. The van der Waals surface area contributed by atoms with E-state index in [-0.39, 0.29) is 5.83 Å². The molecule has 0 bridgehead atoms. The average molecular weight is 269 g/mol. The highest BCUT2D eigenvalue weighted by Gasteiger charge is 2.05. The molecule has 0 atom stereocenters. The molecule has 102 valence electrons. The third-order valence-electron chi connectivity index (χ3n) is 3.03. The highest BCUT2D eigenvalue weighted by molar-refractivity contribution is 5.77. The van der Waals surface area contributed by atoms with Gasteiger partial charge < -0.3 is 4.74 Å². The van der Waals surface area contributed by atoms with Gasteiger partial charge in [-0.1, -0.05) is 18.1 Å². The number of aliphatic imine (C=N–C) groups is 1. The second-order valence-electron chi connectivity index (χ2n) is 4.60. The minimum atomic E-state index is -0.284. The van der Waals surface area contributed by atoms with Gasteiger partial charge in [-0.25, -0.2) is 9.38 Å². The van der Waals surface area contributed by atoms with Gasteiger partial charge in [-0.05, 0) is 49.1 Å². The standard InChI is InChI=1S/C17H16FNO/c1-3-14-7-5-8-15(10-14)12-20-17-9-4-6-13(2)16(18)11-19-17/h1,5,7-11H,4,6,12H2,2H3/b16-13-,17-9-,19-11-. The van der Waals surface area contributed by atoms with Crippen LogP contribution in [0.4, 0.5) is 4.39 Å². The van der Waals surface area contributed by atoms with Gasteiger partial charge in [0.25, 0.3) is 0 Å². The van der Waals surface area contributed by atoms with Gasteiger partial charge in [-0.2, -0.15) is 0 Å². The lowest BCUT2D eigenvalue weighted by Gasteiger charge is -2.09. The van der Waals surface area contributed by atoms with Crippen LogP contribution in [-0.4, -0.2) is 6.21 Å². The first-order valence-electron chi connectivity index (χ1n) is 6.47. The van der Waals surface area contributed by atoms with Gasteiger partial charge in [0, 0.05) is 5.56 Å². The number of terminal acetylenes is 1. The molecule has 0 saturated heterocycles. The molecule has 3 heteroatoms. The summed E-state index contributed by atoms with van der Waals surface area (Å²) >= 11 is 0. The highest BCUT2D eigenvalue weighted by Crippen LogP contribution is 2.17. The minimum absolute atomic E-state index is 0.284. The van der Waals surface area contributed by atoms with Crippen molar-refractivity contribution >= 4 is 6.21 Å². The smallest absolute Gasteiger partial charge is 0.209 e. The number of hydrogen-bond donors (Lipinski definition) is 0. The lowest BCUT2D eigenvalue weighted by molar-refractivity contribution is 0.195. The van der Waals surface area contributed by atoms with Crippen LogP contribution in [0.1, 0.15) is 30.9 Å². The Kier molecular flexibility index (Phi) is 4.73. The molecule has 0 aliphatic carbocycles. The molecule has 2 nitrogen and oxygen atoms in total. The summed E-state index contributed by atoms with van der Waals surface area (Å²) in [4.78, 5) is 4.01. The van der Waals surface area contributed by atoms with Gasteiger partial charge in [0.2, 0.25) is 5.88 Å². The van der Waals surface area contributed by atoms with Crippen LogP contribution < -0.4 is 0 Å². The van der Waals surface area contributed by atoms with Crippen LogP contribution in [0.25, 0.3) is 0 Å². The number of benzene rings is 1. The van der Waals surface area contributed by atoms with Gasteiger partial charge in [-0.15, -0.1) is 6.42 Å². The fourth-order valence-electron chi connectivity index (χ4n) is 1.82. The molecule has 20 heavy (non-hydrogen) atoms. The zero-order chi connectivity index (χ0) is 14.4. The second kappa shape index (κ2) is 6.72. The van der Waals surface area contributed by atoms with Gasteiger partial charge in [0.1, 0.15) is 12.4 Å². The van der Waals surface area contributed by atoms with Crippen molar-refractivity contribution in [1.29, 1.82) is 0 Å². The van der Waals surface area contributed by atoms with E-state index in [0.717, 1.165) is 17.5 Å². The third-order valence-corrected chi connectivity index (χ3v) is 3.03. The van der Waals surface area contributed by atoms with Crippen LogP contribution >= 0.6 is 0 Å². The average Bonchev–Trinajstić information content (AvgIpc) is 2.47. The van der Waals surface area contributed by atoms with E-state index < -0.39 is 0 Å². The molecule has 1 aromatic rings. The van der Waals surface area contributed by atoms with Crippen molar-refractivity contribution in [3.05, 3.63) is 58.8 Å². The van der Waals surface area contributed by atoms with E-state index in [1.54, 1.807) is 6.92 Å². The van der Waals surface area contributed by atoms with Crippen molar-refractivity contribution in [2.24, 2.45) is 4.99 Å². The van der Waals surface area contributed by atoms with Crippen molar-refractivity contribution in [2.75, 3.05) is 0 Å². The van der Waals surface area contributed by atoms with Crippen molar-refractivity contribution in [2.45, 2.75) is 26.4 Å². The first kappa shape index (κ1) is 14.1. The monoisotopic (exact) mass is 269 g/mol. The zero-order valence-electron chi connectivity index (χ0n) is 11.4. The molecule has 0 spiro atoms. The summed E-state index contributed by atoms with van der Waals surface area (Å²) in [6.45, 7) is 2.13. The first-order valence-corrected chi connectivity index (χ1v) is 6.47. The second-order valence-corrected chi connectivity index (χ2v) is 4.60. The maximum absolute atomic E-state index is 13.5. The SMILES string of the molecule is C#Cc1cccc(COC2=C\CC/C(C)=C(F)/C=N\2)c1. The molecule has 0 fully saturated rings. The van der Waals surface area contributed by atoms with E-state index in [2.05, 4.69) is 10.9 Å². The Morgan fingerprint density at radius 2 is 2.30 bits per heavy atom. The third kappa shape index (κ3) is 3.83. The number of rotatable bonds is 3. The summed E-state index contributed by atoms with van der Waals surface area (Å²) in [5.41, 5.74) is 2.49. The maximum Gasteiger partial charge on any atom is 0.209 e. The molecule has 0 aromatic heterocycles. The van der Waals surface area contributed by atoms with Gasteiger partial charge in [-0.3, -0.25) is 0 Å². The first-order chi connectivity index (χ1) is 9.69. The minimum Gasteiger partial charge on any atom is -0.473 e. The summed E-state index contributed by atoms with van der Waals surface area (Å²) < 4.78 is 19.1. The lowest BCUT2D eigenvalue weighted by atomic mass is 10.1. The summed E-state index contributed by atoms with van der Waals surface area (Å²) in [5.74, 6) is 2.74. The number of allylic oxidation sites excluding steroid dienone is 3. The molecule has 0 saturated carbocycles. The molecule has 1 aromatic carbocycles. The molecule has 0 radical (unpaired) electrons. The molecule has 0 unspecified atom stereocenters. The van der Waals surface area contributed by atoms with Crippen molar-refractivity contribution in [3.8, 4) is 12.3 Å². The fourth-order valence-corrected chi connectivity index (χ4v) is 1.82. The summed E-state index contributed by atoms with van der Waals surface area (Å²) in [6.07, 6.45) is 9.83. The quantitative estimate of drug-likeness (QED) is 0.756. The van der Waals surface area contributed by atoms with E-state index >= 15 is 0 Å². The zero-order valence-corrected chi connectivity index (χ0v) is 11.4. The van der Waals surface area contributed by atoms with Crippen LogP contribution in [-0.2, 0) is 11.3 Å². The van der Waals surface area contributed by atoms with Crippen LogP contribution in [0.5, 0.6) is 0 Å². The van der Waals surface area contributed by atoms with Gasteiger partial charge in [0.05, 0.1) is 6.21 Å². The Balaban J connectivity index is 2.02. The van der Waals surface area contributed by atoms with Gasteiger partial charge >= 0.3 is 0 Å². The van der Waals surface area contributed by atoms with E-state index in [1.807, 2.05) is 30.3 Å². The van der Waals surface area contributed by atoms with Crippen molar-refractivity contribution < 1.29 is 9.13 Å². The number of hydrogen-bond acceptors (Lipinski definition) is 2. The van der Waals surface area contributed by atoms with E-state index in [9.17, 15) is 4.39 Å². The molecular weight excluding hydrogens is 253 g/mol. The van der Waals surface area contributed by atoms with E-state index in [4.69, 9.17) is 11.2 Å². The van der Waals surface area contributed by atoms with Crippen LogP contribution in [0.2, 0.25) is 0 Å². The van der Waals surface area contributed by atoms with Crippen molar-refractivity contribution in [3.63, 3.8) is 0 Å². The molecule has 0 amide bonds. The van der Waals surface area contributed by atoms with Crippen molar-refractivity contribution in [1.82, 2.24) is 0 Å². The Hall–Kier alpha value is -2.34. The summed E-state index contributed by atoms with van der Waals surface area (Å²) in [7, 11) is 0. The normalized spacial score (nSPS) is 22.9. The van der Waals surface area contributed by atoms with Crippen LogP contribution in [0.3, 0.4) is 0 Å². The Labute approximate surface area is 118 Å². The predicted molar refractivity (Wildman–Crippen MR) is 78.8 cm³/mol. The number of nitrogens with zero attached hydrogens (tertiary/aromatic N) is 1. The van der Waals surface area contributed by atoms with E-state index in [0.29, 0.717) is 24.5 Å². The number of halogens is 1. The number of ether oxygens (including phenoxy) is 1. The molecule has 1 heterocycles. The molecular formula is C17H16FNO. The van der Waals surface area contributed by atoms with Gasteiger partial charge in [0.15, 0.2) is 0 Å². The van der Waals surface area contributed by atoms with E-state index in [1.165, 1.54) is 6.21 Å². The van der Waals surface area contributed by atoms with Crippen LogP contribution in [0.15, 0.2) is 52.6 Å². The Morgan fingerprint density at radius 1 is 1.45 bits per heavy atom. The fraction of sp³-hybridized carbons (Fsp3) is 0.235. The van der Waals surface area contributed by atoms with Crippen LogP contribution in [0, 0.1) is 12.3 Å². The maximum atomic E-state index is 13.5. The molecule has 0 N–H and O–H groups in total. The summed E-state index contributed by atoms with van der Waals surface area (Å²) in [5, 5.41) is 0. The molecule has 1 aliphatic rings. The highest BCUT2D eigenvalue weighted by atomic mass is 19.1. The lowest BCUT2D eigenvalue weighted by Crippen LogP contribution is -1.96. The molecule has 2 rings (SSSR count). The predicted octanol–water partition coefficient (Wildman–Crippen LogP) is 4.13. The Bertz CT molecular complexity index is 620. The Morgan fingerprint density at radius 3 is 3.10 bits per heavy atom.